The van der Waals surface area contributed by atoms with Crippen LogP contribution in [0.15, 0.2) is 113 Å². The minimum absolute atomic E-state index is 0.0473. The van der Waals surface area contributed by atoms with E-state index in [1.807, 2.05) is 84.3 Å². The number of fused-ring (bicyclic) bond motifs is 2. The molecule has 1 aliphatic rings. The smallest absolute Gasteiger partial charge is 0.326 e. The number of imidazole rings is 1. The number of nitrogens with one attached hydrogen (secondary N) is 3. The number of carbonyl (C=O) groups is 1. The van der Waals surface area contributed by atoms with Crippen LogP contribution in [0.2, 0.25) is 0 Å². The molecule has 1 saturated carbocycles. The molecular formula is C47H55N5O6. The summed E-state index contributed by atoms with van der Waals surface area (Å²) >= 11 is 0. The normalized spacial score (nSPS) is 16.9. The molecule has 1 aliphatic carbocycles. The number of β-amino-alcohol motifs (C(OH)–C–C–N with tert-alkyl or cyclic N) is 1. The molecule has 0 saturated heterocycles. The Morgan fingerprint density at radius 2 is 1.57 bits per heavy atom. The van der Waals surface area contributed by atoms with Gasteiger partial charge in [0.25, 0.3) is 0 Å². The van der Waals surface area contributed by atoms with Gasteiger partial charge in [-0.05, 0) is 119 Å². The summed E-state index contributed by atoms with van der Waals surface area (Å²) < 4.78 is 8.06. The van der Waals surface area contributed by atoms with Gasteiger partial charge >= 0.3 is 11.7 Å². The number of phenols is 1. The van der Waals surface area contributed by atoms with Gasteiger partial charge in [0.15, 0.2) is 0 Å². The molecule has 0 radical (unpaired) electrons. The lowest BCUT2D eigenvalue weighted by molar-refractivity contribution is -0.156. The van der Waals surface area contributed by atoms with Crippen LogP contribution < -0.4 is 16.6 Å². The molecule has 0 bridgehead atoms. The number of rotatable bonds is 15. The average Bonchev–Trinajstić information content (AvgIpc) is 3.54. The minimum Gasteiger partial charge on any atom is -0.506 e. The van der Waals surface area contributed by atoms with E-state index in [0.29, 0.717) is 35.5 Å². The number of aliphatic hydroxyl groups is 1. The molecule has 0 spiro atoms. The number of carbonyl (C=O) groups excluding carboxylic acids is 1. The number of aromatic hydroxyl groups is 1. The Hall–Kier alpha value is -5.49. The van der Waals surface area contributed by atoms with E-state index in [9.17, 15) is 24.6 Å². The van der Waals surface area contributed by atoms with Crippen LogP contribution in [0.3, 0.4) is 0 Å². The molecule has 11 heteroatoms. The van der Waals surface area contributed by atoms with Crippen molar-refractivity contribution in [3.8, 4) is 5.75 Å². The number of pyridine rings is 1. The Morgan fingerprint density at radius 3 is 2.24 bits per heavy atom. The number of benzene rings is 4. The fourth-order valence-corrected chi connectivity index (χ4v) is 8.63. The number of esters is 1. The predicted octanol–water partition coefficient (Wildman–Crippen LogP) is 6.70. The van der Waals surface area contributed by atoms with E-state index >= 15 is 0 Å². The number of hydrogen-bond acceptors (Lipinski definition) is 8. The standard InChI is InChI=1S/C47H55N5O6/c1-46(2,48-30-41(54)36-21-24-40(53)43-37(36)22-25-42(55)50-43)29-31-16-23-39-38(28-31)49-45(57)52(39)27-11-26-51(4)34-17-19-35(20-18-34)58-44(56)47(3,32-12-7-5-8-13-32)33-14-9-6-10-15-33/h5-10,12-16,21-25,28,34-35,41,48,53-54H,11,17-20,26-27,29-30H2,1-4H3,(H,49,57)(H,50,55)/t34?,35?,41-/m1/s1. The first-order valence-electron chi connectivity index (χ1n) is 20.3. The minimum atomic E-state index is -0.894. The van der Waals surface area contributed by atoms with Gasteiger partial charge in [0.2, 0.25) is 5.56 Å². The maximum absolute atomic E-state index is 13.9. The number of phenolic OH excluding ortho intramolecular Hbond substituents is 1. The van der Waals surface area contributed by atoms with Crippen molar-refractivity contribution >= 4 is 27.9 Å². The molecule has 0 unspecified atom stereocenters. The molecule has 11 nitrogen and oxygen atoms in total. The first-order valence-corrected chi connectivity index (χ1v) is 20.3. The Labute approximate surface area is 338 Å². The lowest BCUT2D eigenvalue weighted by Gasteiger charge is -2.36. The lowest BCUT2D eigenvalue weighted by atomic mass is 9.76. The number of aliphatic hydroxyl groups excluding tert-OH is 1. The lowest BCUT2D eigenvalue weighted by Crippen LogP contribution is -2.43. The molecule has 1 fully saturated rings. The average molecular weight is 786 g/mol. The monoisotopic (exact) mass is 785 g/mol. The van der Waals surface area contributed by atoms with Crippen molar-refractivity contribution in [1.82, 2.24) is 24.8 Å². The number of H-pyrrole nitrogens is 2. The highest BCUT2D eigenvalue weighted by Crippen LogP contribution is 2.36. The van der Waals surface area contributed by atoms with Crippen molar-refractivity contribution in [1.29, 1.82) is 0 Å². The zero-order chi connectivity index (χ0) is 41.0. The van der Waals surface area contributed by atoms with Crippen LogP contribution in [0, 0.1) is 0 Å². The number of aromatic nitrogens is 3. The van der Waals surface area contributed by atoms with Crippen molar-refractivity contribution < 1.29 is 19.7 Å². The number of nitrogens with zero attached hydrogens (tertiary/aromatic N) is 2. The molecule has 0 amide bonds. The Kier molecular flexibility index (Phi) is 12.0. The molecule has 6 aromatic rings. The molecule has 7 rings (SSSR count). The fraction of sp³-hybridized carbons (Fsp3) is 0.383. The van der Waals surface area contributed by atoms with Crippen LogP contribution in [0.1, 0.15) is 81.2 Å². The van der Waals surface area contributed by atoms with Crippen LogP contribution >= 0.6 is 0 Å². The predicted molar refractivity (Wildman–Crippen MR) is 228 cm³/mol. The van der Waals surface area contributed by atoms with E-state index in [1.54, 1.807) is 12.1 Å². The third-order valence-electron chi connectivity index (χ3n) is 12.1. The molecule has 2 aromatic heterocycles. The third kappa shape index (κ3) is 8.82. The fourth-order valence-electron chi connectivity index (χ4n) is 8.63. The highest BCUT2D eigenvalue weighted by atomic mass is 16.5. The van der Waals surface area contributed by atoms with Crippen LogP contribution in [0.5, 0.6) is 5.75 Å². The van der Waals surface area contributed by atoms with Crippen LogP contribution in [0.4, 0.5) is 0 Å². The van der Waals surface area contributed by atoms with Gasteiger partial charge in [0, 0.05) is 36.1 Å². The summed E-state index contributed by atoms with van der Waals surface area (Å²) in [5, 5.41) is 25.4. The van der Waals surface area contributed by atoms with Gasteiger partial charge < -0.3 is 35.1 Å². The highest BCUT2D eigenvalue weighted by molar-refractivity contribution is 5.88. The first-order chi connectivity index (χ1) is 27.8. The topological polar surface area (TPSA) is 153 Å². The van der Waals surface area contributed by atoms with Crippen molar-refractivity contribution in [3.63, 3.8) is 0 Å². The summed E-state index contributed by atoms with van der Waals surface area (Å²) in [6.45, 7) is 7.78. The number of aromatic amines is 2. The van der Waals surface area contributed by atoms with E-state index in [0.717, 1.165) is 66.4 Å². The van der Waals surface area contributed by atoms with E-state index < -0.39 is 17.1 Å². The summed E-state index contributed by atoms with van der Waals surface area (Å²) in [5.41, 5.74) is 3.72. The van der Waals surface area contributed by atoms with Gasteiger partial charge in [-0.25, -0.2) is 4.79 Å². The number of ether oxygens (including phenoxy) is 1. The highest BCUT2D eigenvalue weighted by Gasteiger charge is 2.40. The second kappa shape index (κ2) is 17.2. The van der Waals surface area contributed by atoms with E-state index in [4.69, 9.17) is 4.74 Å². The van der Waals surface area contributed by atoms with E-state index in [2.05, 4.69) is 47.1 Å². The molecule has 304 valence electrons. The Bertz CT molecular complexity index is 2430. The van der Waals surface area contributed by atoms with E-state index in [1.165, 1.54) is 12.1 Å². The maximum atomic E-state index is 13.9. The molecular weight excluding hydrogens is 731 g/mol. The van der Waals surface area contributed by atoms with Crippen LogP contribution in [-0.4, -0.2) is 73.4 Å². The Morgan fingerprint density at radius 1 is 0.897 bits per heavy atom. The van der Waals surface area contributed by atoms with E-state index in [-0.39, 0.29) is 35.6 Å². The number of hydrogen-bond donors (Lipinski definition) is 5. The zero-order valence-electron chi connectivity index (χ0n) is 33.8. The van der Waals surface area contributed by atoms with Crippen molar-refractivity contribution in [2.24, 2.45) is 0 Å². The van der Waals surface area contributed by atoms with Crippen molar-refractivity contribution in [3.05, 3.63) is 146 Å². The van der Waals surface area contributed by atoms with Crippen molar-refractivity contribution in [2.75, 3.05) is 20.1 Å². The van der Waals surface area contributed by atoms with Gasteiger partial charge in [-0.3, -0.25) is 14.2 Å². The summed E-state index contributed by atoms with van der Waals surface area (Å²) in [7, 11) is 2.15. The quantitative estimate of drug-likeness (QED) is 0.0722. The van der Waals surface area contributed by atoms with Gasteiger partial charge in [0.1, 0.15) is 17.3 Å². The molecule has 1 atom stereocenters. The van der Waals surface area contributed by atoms with Gasteiger partial charge in [0.05, 0.1) is 22.7 Å². The zero-order valence-corrected chi connectivity index (χ0v) is 33.8. The summed E-state index contributed by atoms with van der Waals surface area (Å²) in [6.07, 6.45) is 3.99. The maximum Gasteiger partial charge on any atom is 0.326 e. The van der Waals surface area contributed by atoms with Gasteiger partial charge in [-0.15, -0.1) is 0 Å². The van der Waals surface area contributed by atoms with Crippen molar-refractivity contribution in [2.45, 2.75) is 95.0 Å². The molecule has 2 heterocycles. The largest absolute Gasteiger partial charge is 0.506 e. The second-order valence-corrected chi connectivity index (χ2v) is 16.7. The molecule has 5 N–H and O–H groups in total. The van der Waals surface area contributed by atoms with Gasteiger partial charge in [-0.1, -0.05) is 72.8 Å². The summed E-state index contributed by atoms with van der Waals surface area (Å²) in [5.74, 6) is -0.260. The van der Waals surface area contributed by atoms with Crippen LogP contribution in [-0.2, 0) is 27.9 Å². The summed E-state index contributed by atoms with van der Waals surface area (Å²) in [4.78, 5) is 46.9. The van der Waals surface area contributed by atoms with Gasteiger partial charge in [-0.2, -0.15) is 0 Å². The molecule has 4 aromatic carbocycles. The third-order valence-corrected chi connectivity index (χ3v) is 12.1. The summed E-state index contributed by atoms with van der Waals surface area (Å²) in [6, 6.07) is 32.3. The first kappa shape index (κ1) is 40.7. The number of aryl methyl sites for hydroxylation is 1. The Balaban J connectivity index is 0.897. The molecule has 58 heavy (non-hydrogen) atoms. The molecule has 0 aliphatic heterocycles. The SMILES string of the molecule is CN(CCCn1c(=O)[nH]c2cc(CC(C)(C)NC[C@@H](O)c3ccc(O)c4[nH]c(=O)ccc34)ccc21)C1CCC(OC(=O)C(C)(c2ccccc2)c2ccccc2)CC1. The second-order valence-electron chi connectivity index (χ2n) is 16.7. The van der Waals surface area contributed by atoms with Crippen LogP contribution in [0.25, 0.3) is 21.9 Å².